The SMILES string of the molecule is C=CC(C1CCC(O)(CC)C1)N(C)C(=O)c1ccc2c(c1)c1ccccc1n2C. The molecule has 1 aliphatic rings. The third-order valence-electron chi connectivity index (χ3n) is 6.93. The van der Waals surface area contributed by atoms with E-state index in [1.165, 1.54) is 0 Å². The minimum atomic E-state index is -0.600. The number of rotatable bonds is 5. The molecule has 1 fully saturated rings. The number of hydrogen-bond acceptors (Lipinski definition) is 2. The molecule has 1 saturated carbocycles. The number of aromatic nitrogens is 1. The fourth-order valence-electron chi connectivity index (χ4n) is 5.07. The van der Waals surface area contributed by atoms with Gasteiger partial charge in [-0.15, -0.1) is 6.58 Å². The number of aliphatic hydroxyl groups is 1. The summed E-state index contributed by atoms with van der Waals surface area (Å²) in [6, 6.07) is 14.2. The molecule has 0 aliphatic heterocycles. The highest BCUT2D eigenvalue weighted by molar-refractivity contribution is 6.10. The van der Waals surface area contributed by atoms with Gasteiger partial charge in [0.25, 0.3) is 5.91 Å². The first-order chi connectivity index (χ1) is 13.9. The van der Waals surface area contributed by atoms with Crippen LogP contribution in [0.1, 0.15) is 43.0 Å². The number of benzene rings is 2. The van der Waals surface area contributed by atoms with E-state index in [2.05, 4.69) is 30.3 Å². The molecule has 4 nitrogen and oxygen atoms in total. The van der Waals surface area contributed by atoms with Gasteiger partial charge in [-0.25, -0.2) is 0 Å². The zero-order valence-electron chi connectivity index (χ0n) is 17.6. The molecule has 1 aliphatic carbocycles. The van der Waals surface area contributed by atoms with Crippen LogP contribution in [0.5, 0.6) is 0 Å². The lowest BCUT2D eigenvalue weighted by molar-refractivity contribution is 0.0346. The third-order valence-corrected chi connectivity index (χ3v) is 6.93. The zero-order chi connectivity index (χ0) is 20.8. The summed E-state index contributed by atoms with van der Waals surface area (Å²) in [5.74, 6) is 0.240. The number of likely N-dealkylation sites (N-methyl/N-ethyl adjacent to an activating group) is 1. The highest BCUT2D eigenvalue weighted by Crippen LogP contribution is 2.40. The molecule has 0 bridgehead atoms. The van der Waals surface area contributed by atoms with Crippen LogP contribution in [0.15, 0.2) is 55.1 Å². The molecule has 4 heteroatoms. The molecular formula is C25H30N2O2. The molecule has 1 aromatic heterocycles. The van der Waals surface area contributed by atoms with Crippen LogP contribution in [-0.2, 0) is 7.05 Å². The van der Waals surface area contributed by atoms with Gasteiger partial charge in [-0.05, 0) is 55.9 Å². The summed E-state index contributed by atoms with van der Waals surface area (Å²) in [5.41, 5.74) is 2.37. The average Bonchev–Trinajstić information content (AvgIpc) is 3.27. The number of carbonyl (C=O) groups is 1. The second-order valence-corrected chi connectivity index (χ2v) is 8.53. The van der Waals surface area contributed by atoms with E-state index in [0.29, 0.717) is 5.56 Å². The van der Waals surface area contributed by atoms with Gasteiger partial charge in [0, 0.05) is 41.5 Å². The molecule has 0 radical (unpaired) electrons. The Balaban J connectivity index is 1.65. The van der Waals surface area contributed by atoms with Crippen LogP contribution in [0.2, 0.25) is 0 Å². The molecule has 3 atom stereocenters. The first-order valence-corrected chi connectivity index (χ1v) is 10.5. The maximum atomic E-state index is 13.3. The van der Waals surface area contributed by atoms with Crippen LogP contribution in [0, 0.1) is 5.92 Å². The van der Waals surface area contributed by atoms with Crippen LogP contribution in [0.4, 0.5) is 0 Å². The summed E-state index contributed by atoms with van der Waals surface area (Å²) < 4.78 is 2.17. The number of nitrogens with zero attached hydrogens (tertiary/aromatic N) is 2. The Morgan fingerprint density at radius 3 is 2.72 bits per heavy atom. The van der Waals surface area contributed by atoms with Crippen molar-refractivity contribution in [2.75, 3.05) is 7.05 Å². The Kier molecular flexibility index (Phi) is 4.99. The summed E-state index contributed by atoms with van der Waals surface area (Å²) in [6.07, 6.45) is 5.05. The lowest BCUT2D eigenvalue weighted by Crippen LogP contribution is -2.40. The smallest absolute Gasteiger partial charge is 0.254 e. The second kappa shape index (κ2) is 7.34. The molecule has 1 N–H and O–H groups in total. The van der Waals surface area contributed by atoms with Crippen molar-refractivity contribution in [1.29, 1.82) is 0 Å². The maximum absolute atomic E-state index is 13.3. The molecular weight excluding hydrogens is 360 g/mol. The van der Waals surface area contributed by atoms with Crippen LogP contribution in [0.3, 0.4) is 0 Å². The second-order valence-electron chi connectivity index (χ2n) is 8.53. The first kappa shape index (κ1) is 19.7. The van der Waals surface area contributed by atoms with Gasteiger partial charge in [0.05, 0.1) is 11.6 Å². The van der Waals surface area contributed by atoms with E-state index in [1.807, 2.05) is 50.4 Å². The van der Waals surface area contributed by atoms with Crippen LogP contribution < -0.4 is 0 Å². The Morgan fingerprint density at radius 1 is 1.31 bits per heavy atom. The van der Waals surface area contributed by atoms with Crippen molar-refractivity contribution in [3.63, 3.8) is 0 Å². The maximum Gasteiger partial charge on any atom is 0.254 e. The standard InChI is InChI=1S/C25H30N2O2/c1-5-21(18-13-14-25(29,6-2)16-18)27(4)24(28)17-11-12-23-20(15-17)19-9-7-8-10-22(19)26(23)3/h5,7-12,15,18,21,29H,1,6,13-14,16H2,2-4H3. The van der Waals surface area contributed by atoms with E-state index in [4.69, 9.17) is 0 Å². The van der Waals surface area contributed by atoms with E-state index in [0.717, 1.165) is 47.5 Å². The Labute approximate surface area is 172 Å². The van der Waals surface area contributed by atoms with Crippen molar-refractivity contribution in [2.24, 2.45) is 13.0 Å². The molecule has 3 aromatic rings. The molecule has 3 unspecified atom stereocenters. The summed E-state index contributed by atoms with van der Waals surface area (Å²) in [7, 11) is 3.91. The molecule has 29 heavy (non-hydrogen) atoms. The monoisotopic (exact) mass is 390 g/mol. The van der Waals surface area contributed by atoms with Gasteiger partial charge in [0.2, 0.25) is 0 Å². The van der Waals surface area contributed by atoms with Gasteiger partial charge in [-0.3, -0.25) is 4.79 Å². The molecule has 1 amide bonds. The topological polar surface area (TPSA) is 45.5 Å². The Hall–Kier alpha value is -2.59. The normalized spacial score (nSPS) is 22.8. The van der Waals surface area contributed by atoms with Gasteiger partial charge in [0.1, 0.15) is 0 Å². The molecule has 2 aromatic carbocycles. The molecule has 1 heterocycles. The summed E-state index contributed by atoms with van der Waals surface area (Å²) in [5, 5.41) is 12.9. The van der Waals surface area contributed by atoms with Crippen molar-refractivity contribution >= 4 is 27.7 Å². The zero-order valence-corrected chi connectivity index (χ0v) is 17.6. The van der Waals surface area contributed by atoms with Crippen LogP contribution in [0.25, 0.3) is 21.8 Å². The van der Waals surface area contributed by atoms with Crippen molar-refractivity contribution in [2.45, 2.75) is 44.2 Å². The Morgan fingerprint density at radius 2 is 2.03 bits per heavy atom. The van der Waals surface area contributed by atoms with Crippen molar-refractivity contribution < 1.29 is 9.90 Å². The lowest BCUT2D eigenvalue weighted by atomic mass is 9.92. The highest BCUT2D eigenvalue weighted by atomic mass is 16.3. The van der Waals surface area contributed by atoms with E-state index in [9.17, 15) is 9.90 Å². The third kappa shape index (κ3) is 3.25. The number of amides is 1. The van der Waals surface area contributed by atoms with Crippen molar-refractivity contribution in [3.8, 4) is 0 Å². The van der Waals surface area contributed by atoms with Gasteiger partial charge in [-0.2, -0.15) is 0 Å². The quantitative estimate of drug-likeness (QED) is 0.630. The van der Waals surface area contributed by atoms with Gasteiger partial charge < -0.3 is 14.6 Å². The van der Waals surface area contributed by atoms with Crippen molar-refractivity contribution in [1.82, 2.24) is 9.47 Å². The fraction of sp³-hybridized carbons (Fsp3) is 0.400. The summed E-state index contributed by atoms with van der Waals surface area (Å²) in [4.78, 5) is 15.1. The lowest BCUT2D eigenvalue weighted by Gasteiger charge is -2.31. The molecule has 4 rings (SSSR count). The molecule has 152 valence electrons. The number of fused-ring (bicyclic) bond motifs is 3. The van der Waals surface area contributed by atoms with Gasteiger partial charge in [0.15, 0.2) is 0 Å². The summed E-state index contributed by atoms with van der Waals surface area (Å²) >= 11 is 0. The predicted molar refractivity (Wildman–Crippen MR) is 119 cm³/mol. The average molecular weight is 391 g/mol. The predicted octanol–water partition coefficient (Wildman–Crippen LogP) is 4.90. The van der Waals surface area contributed by atoms with Gasteiger partial charge in [-0.1, -0.05) is 31.2 Å². The fourth-order valence-corrected chi connectivity index (χ4v) is 5.07. The van der Waals surface area contributed by atoms with Crippen LogP contribution >= 0.6 is 0 Å². The van der Waals surface area contributed by atoms with E-state index in [-0.39, 0.29) is 17.9 Å². The van der Waals surface area contributed by atoms with E-state index in [1.54, 1.807) is 4.90 Å². The highest BCUT2D eigenvalue weighted by Gasteiger charge is 2.40. The number of hydrogen-bond donors (Lipinski definition) is 1. The minimum absolute atomic E-state index is 0.00308. The molecule has 0 spiro atoms. The Bertz CT molecular complexity index is 1080. The number of para-hydroxylation sites is 1. The van der Waals surface area contributed by atoms with E-state index >= 15 is 0 Å². The summed E-state index contributed by atoms with van der Waals surface area (Å²) in [6.45, 7) is 6.02. The largest absolute Gasteiger partial charge is 0.390 e. The van der Waals surface area contributed by atoms with Crippen molar-refractivity contribution in [3.05, 3.63) is 60.7 Å². The first-order valence-electron chi connectivity index (χ1n) is 10.5. The van der Waals surface area contributed by atoms with Crippen LogP contribution in [-0.4, -0.2) is 39.2 Å². The minimum Gasteiger partial charge on any atom is -0.390 e. The van der Waals surface area contributed by atoms with Gasteiger partial charge >= 0.3 is 0 Å². The number of carbonyl (C=O) groups excluding carboxylic acids is 1. The number of aryl methyl sites for hydroxylation is 1. The molecule has 0 saturated heterocycles. The van der Waals surface area contributed by atoms with E-state index < -0.39 is 5.60 Å².